The minimum Gasteiger partial charge on any atom is -0.367 e. The molecule has 0 aliphatic carbocycles. The number of H-pyrrole nitrogens is 1. The number of nitrogens with zero attached hydrogens (tertiary/aromatic N) is 3. The maximum Gasteiger partial charge on any atom is 0.249 e. The minimum atomic E-state index is -0.0298. The van der Waals surface area contributed by atoms with Crippen LogP contribution in [-0.2, 0) is 16.1 Å². The van der Waals surface area contributed by atoms with Gasteiger partial charge in [0.05, 0.1) is 12.6 Å². The number of likely N-dealkylation sites (tertiary alicyclic amines) is 1. The molecule has 6 nitrogen and oxygen atoms in total. The van der Waals surface area contributed by atoms with Crippen molar-refractivity contribution in [2.75, 3.05) is 13.2 Å². The summed E-state index contributed by atoms with van der Waals surface area (Å²) in [4.78, 5) is 18.5. The third-order valence-corrected chi connectivity index (χ3v) is 3.82. The van der Waals surface area contributed by atoms with Crippen molar-refractivity contribution < 1.29 is 9.53 Å². The smallest absolute Gasteiger partial charge is 0.249 e. The van der Waals surface area contributed by atoms with Crippen molar-refractivity contribution in [3.05, 3.63) is 47.5 Å². The molecule has 1 fully saturated rings. The van der Waals surface area contributed by atoms with Crippen molar-refractivity contribution in [2.45, 2.75) is 32.4 Å². The maximum atomic E-state index is 12.4. The Balaban J connectivity index is 1.55. The first-order chi connectivity index (χ1) is 10.7. The Bertz CT molecular complexity index is 626. The van der Waals surface area contributed by atoms with Crippen molar-refractivity contribution in [1.29, 1.82) is 0 Å². The Morgan fingerprint density at radius 2 is 2.23 bits per heavy atom. The third-order valence-electron chi connectivity index (χ3n) is 3.82. The third kappa shape index (κ3) is 3.33. The van der Waals surface area contributed by atoms with E-state index in [-0.39, 0.29) is 18.6 Å². The lowest BCUT2D eigenvalue weighted by molar-refractivity contribution is -0.137. The number of amides is 1. The molecule has 116 valence electrons. The van der Waals surface area contributed by atoms with E-state index in [1.165, 1.54) is 0 Å². The largest absolute Gasteiger partial charge is 0.367 e. The van der Waals surface area contributed by atoms with Crippen LogP contribution in [0.5, 0.6) is 0 Å². The number of benzene rings is 1. The molecule has 3 rings (SSSR count). The fourth-order valence-corrected chi connectivity index (χ4v) is 2.76. The van der Waals surface area contributed by atoms with E-state index in [2.05, 4.69) is 15.2 Å². The lowest BCUT2D eigenvalue weighted by Gasteiger charge is -2.22. The number of carbonyl (C=O) groups excluding carboxylic acids is 1. The van der Waals surface area contributed by atoms with E-state index >= 15 is 0 Å². The highest BCUT2D eigenvalue weighted by Crippen LogP contribution is 2.29. The second-order valence-electron chi connectivity index (χ2n) is 5.50. The number of rotatable bonds is 5. The highest BCUT2D eigenvalue weighted by Gasteiger charge is 2.32. The summed E-state index contributed by atoms with van der Waals surface area (Å²) in [6.45, 7) is 3.14. The zero-order chi connectivity index (χ0) is 15.4. The van der Waals surface area contributed by atoms with Crippen LogP contribution in [0, 0.1) is 6.92 Å². The first-order valence-electron chi connectivity index (χ1n) is 7.54. The molecule has 1 aromatic carbocycles. The first-order valence-corrected chi connectivity index (χ1v) is 7.54. The highest BCUT2D eigenvalue weighted by atomic mass is 16.5. The molecule has 0 unspecified atom stereocenters. The Morgan fingerprint density at radius 1 is 1.41 bits per heavy atom. The lowest BCUT2D eigenvalue weighted by Crippen LogP contribution is -2.34. The van der Waals surface area contributed by atoms with Gasteiger partial charge in [-0.15, -0.1) is 0 Å². The van der Waals surface area contributed by atoms with Gasteiger partial charge in [0, 0.05) is 6.54 Å². The van der Waals surface area contributed by atoms with Gasteiger partial charge in [-0.3, -0.25) is 9.89 Å². The summed E-state index contributed by atoms with van der Waals surface area (Å²) in [6, 6.07) is 9.82. The lowest BCUT2D eigenvalue weighted by atomic mass is 10.2. The summed E-state index contributed by atoms with van der Waals surface area (Å²) >= 11 is 0. The molecule has 1 aliphatic heterocycles. The Kier molecular flexibility index (Phi) is 4.48. The van der Waals surface area contributed by atoms with Crippen LogP contribution in [0.2, 0.25) is 0 Å². The molecule has 0 radical (unpaired) electrons. The molecule has 0 bridgehead atoms. The van der Waals surface area contributed by atoms with Crippen molar-refractivity contribution in [1.82, 2.24) is 20.1 Å². The summed E-state index contributed by atoms with van der Waals surface area (Å²) in [7, 11) is 0. The quantitative estimate of drug-likeness (QED) is 0.916. The van der Waals surface area contributed by atoms with E-state index in [1.54, 1.807) is 0 Å². The molecule has 1 aliphatic rings. The summed E-state index contributed by atoms with van der Waals surface area (Å²) in [5.74, 6) is 1.47. The summed E-state index contributed by atoms with van der Waals surface area (Å²) in [5.41, 5.74) is 1.07. The van der Waals surface area contributed by atoms with Crippen LogP contribution < -0.4 is 0 Å². The number of hydrogen-bond donors (Lipinski definition) is 1. The fourth-order valence-electron chi connectivity index (χ4n) is 2.76. The molecule has 0 saturated carbocycles. The number of carbonyl (C=O) groups is 1. The molecular weight excluding hydrogens is 280 g/mol. The van der Waals surface area contributed by atoms with Crippen LogP contribution in [0.25, 0.3) is 0 Å². The number of hydrogen-bond acceptors (Lipinski definition) is 4. The number of nitrogens with one attached hydrogen (secondary N) is 1. The van der Waals surface area contributed by atoms with Gasteiger partial charge in [-0.2, -0.15) is 5.10 Å². The number of ether oxygens (including phenoxy) is 1. The Labute approximate surface area is 129 Å². The predicted molar refractivity (Wildman–Crippen MR) is 80.9 cm³/mol. The Morgan fingerprint density at radius 3 is 2.95 bits per heavy atom. The van der Waals surface area contributed by atoms with E-state index < -0.39 is 0 Å². The van der Waals surface area contributed by atoms with Gasteiger partial charge in [-0.25, -0.2) is 4.98 Å². The molecule has 6 heteroatoms. The van der Waals surface area contributed by atoms with Crippen LogP contribution in [0.15, 0.2) is 30.3 Å². The molecule has 1 aromatic heterocycles. The average molecular weight is 300 g/mol. The second-order valence-corrected chi connectivity index (χ2v) is 5.50. The Hall–Kier alpha value is -2.21. The molecule has 0 spiro atoms. The van der Waals surface area contributed by atoms with Gasteiger partial charge in [-0.05, 0) is 25.3 Å². The number of aromatic nitrogens is 3. The van der Waals surface area contributed by atoms with Crippen LogP contribution in [-0.4, -0.2) is 39.1 Å². The van der Waals surface area contributed by atoms with Gasteiger partial charge in [-0.1, -0.05) is 30.3 Å². The molecule has 1 saturated heterocycles. The van der Waals surface area contributed by atoms with Crippen molar-refractivity contribution >= 4 is 5.91 Å². The van der Waals surface area contributed by atoms with Crippen LogP contribution in [0.1, 0.15) is 36.1 Å². The van der Waals surface area contributed by atoms with Gasteiger partial charge in [0.2, 0.25) is 5.91 Å². The average Bonchev–Trinajstić information content (AvgIpc) is 3.16. The molecule has 1 N–H and O–H groups in total. The van der Waals surface area contributed by atoms with E-state index in [0.29, 0.717) is 12.4 Å². The standard InChI is InChI=1S/C16H20N4O2/c1-12-17-16(19-18-12)14-8-5-9-20(14)15(21)11-22-10-13-6-3-2-4-7-13/h2-4,6-7,14H,5,8-11H2,1H3,(H,17,18,19)/t14-/m0/s1. The van der Waals surface area contributed by atoms with Crippen LogP contribution in [0.3, 0.4) is 0 Å². The van der Waals surface area contributed by atoms with Gasteiger partial charge < -0.3 is 9.64 Å². The second kappa shape index (κ2) is 6.70. The zero-order valence-corrected chi connectivity index (χ0v) is 12.7. The summed E-state index contributed by atoms with van der Waals surface area (Å²) in [6.07, 6.45) is 1.88. The van der Waals surface area contributed by atoms with E-state index in [1.807, 2.05) is 42.2 Å². The zero-order valence-electron chi connectivity index (χ0n) is 12.7. The maximum absolute atomic E-state index is 12.4. The van der Waals surface area contributed by atoms with E-state index in [0.717, 1.165) is 30.8 Å². The SMILES string of the molecule is Cc1nc([C@@H]2CCCN2C(=O)COCc2ccccc2)n[nH]1. The number of aryl methyl sites for hydroxylation is 1. The molecule has 2 heterocycles. The van der Waals surface area contributed by atoms with Gasteiger partial charge in [0.15, 0.2) is 5.82 Å². The van der Waals surface area contributed by atoms with Crippen molar-refractivity contribution in [3.63, 3.8) is 0 Å². The van der Waals surface area contributed by atoms with Crippen molar-refractivity contribution in [2.24, 2.45) is 0 Å². The molecular formula is C16H20N4O2. The van der Waals surface area contributed by atoms with E-state index in [4.69, 9.17) is 4.74 Å². The summed E-state index contributed by atoms with van der Waals surface area (Å²) < 4.78 is 5.54. The molecule has 1 atom stereocenters. The van der Waals surface area contributed by atoms with Crippen LogP contribution >= 0.6 is 0 Å². The molecule has 2 aromatic rings. The van der Waals surface area contributed by atoms with Gasteiger partial charge in [0.25, 0.3) is 0 Å². The van der Waals surface area contributed by atoms with Crippen LogP contribution in [0.4, 0.5) is 0 Å². The fraction of sp³-hybridized carbons (Fsp3) is 0.438. The summed E-state index contributed by atoms with van der Waals surface area (Å²) in [5, 5.41) is 7.03. The molecule has 22 heavy (non-hydrogen) atoms. The minimum absolute atomic E-state index is 0.000819. The first kappa shape index (κ1) is 14.7. The highest BCUT2D eigenvalue weighted by molar-refractivity contribution is 5.78. The van der Waals surface area contributed by atoms with E-state index in [9.17, 15) is 4.79 Å². The predicted octanol–water partition coefficient (Wildman–Crippen LogP) is 1.99. The van der Waals surface area contributed by atoms with Gasteiger partial charge >= 0.3 is 0 Å². The number of aromatic amines is 1. The van der Waals surface area contributed by atoms with Gasteiger partial charge in [0.1, 0.15) is 12.4 Å². The monoisotopic (exact) mass is 300 g/mol. The van der Waals surface area contributed by atoms with Crippen molar-refractivity contribution in [3.8, 4) is 0 Å². The molecule has 1 amide bonds. The topological polar surface area (TPSA) is 71.1 Å². The normalized spacial score (nSPS) is 17.9.